The van der Waals surface area contributed by atoms with Crippen LogP contribution in [0.5, 0.6) is 0 Å². The Labute approximate surface area is 178 Å². The minimum atomic E-state index is -1.47. The topological polar surface area (TPSA) is 57.7 Å². The number of hydrogen-bond donors (Lipinski definition) is 1. The summed E-state index contributed by atoms with van der Waals surface area (Å²) in [6.45, 7) is 8.16. The molecule has 7 heteroatoms. The van der Waals surface area contributed by atoms with Crippen LogP contribution in [-0.2, 0) is 12.1 Å². The molecular weight excluding hydrogens is 397 g/mol. The average Bonchev–Trinajstić information content (AvgIpc) is 3.41. The average molecular weight is 420 g/mol. The molecule has 4 heterocycles. The number of alkyl halides is 1. The van der Waals surface area contributed by atoms with Crippen molar-refractivity contribution in [3.63, 3.8) is 0 Å². The molecule has 0 radical (unpaired) electrons. The van der Waals surface area contributed by atoms with Gasteiger partial charge in [0.05, 0.1) is 28.1 Å². The van der Waals surface area contributed by atoms with Gasteiger partial charge in [0.25, 0.3) is 0 Å². The molecule has 1 aliphatic heterocycles. The second-order valence-electron chi connectivity index (χ2n) is 7.99. The molecule has 0 saturated heterocycles. The van der Waals surface area contributed by atoms with Gasteiger partial charge in [0.2, 0.25) is 0 Å². The number of thiazole rings is 1. The molecule has 0 spiro atoms. The Morgan fingerprint density at radius 2 is 2.07 bits per heavy atom. The number of para-hydroxylation sites is 1. The molecule has 3 aromatic heterocycles. The van der Waals surface area contributed by atoms with Crippen molar-refractivity contribution in [3.8, 4) is 0 Å². The number of nitrogens with zero attached hydrogens (tertiary/aromatic N) is 4. The van der Waals surface area contributed by atoms with Crippen molar-refractivity contribution in [1.29, 1.82) is 0 Å². The van der Waals surface area contributed by atoms with Gasteiger partial charge in [0.15, 0.2) is 5.67 Å². The van der Waals surface area contributed by atoms with Gasteiger partial charge in [-0.05, 0) is 26.0 Å². The van der Waals surface area contributed by atoms with Crippen LogP contribution in [0.2, 0.25) is 0 Å². The zero-order valence-corrected chi connectivity index (χ0v) is 17.7. The number of fused-ring (bicyclic) bond motifs is 2. The molecule has 1 aromatic carbocycles. The third-order valence-corrected chi connectivity index (χ3v) is 6.82. The largest absolute Gasteiger partial charge is 0.356 e. The van der Waals surface area contributed by atoms with E-state index in [0.29, 0.717) is 5.01 Å². The molecule has 0 unspecified atom stereocenters. The highest BCUT2D eigenvalue weighted by atomic mass is 32.1. The smallest absolute Gasteiger partial charge is 0.156 e. The standard InChI is InChI=1S/C23H22FN5S/c1-14(19-12-25-22(30-19)23(2,3)24)29-11-10-17-20(27-13-26-17)21(29)18-9-8-15-6-4-5-7-16(15)28-18/h4-9,12-13,21H,1,10-11H2,2-3H3,(H,26,27)/t21-/m0/s1. The molecule has 5 rings (SSSR count). The molecule has 0 saturated carbocycles. The number of hydrogen-bond acceptors (Lipinski definition) is 5. The fraction of sp³-hybridized carbons (Fsp3) is 0.261. The maximum atomic E-state index is 14.4. The van der Waals surface area contributed by atoms with Crippen LogP contribution >= 0.6 is 11.3 Å². The van der Waals surface area contributed by atoms with Gasteiger partial charge in [0, 0.05) is 35.9 Å². The molecule has 5 nitrogen and oxygen atoms in total. The van der Waals surface area contributed by atoms with Crippen molar-refractivity contribution >= 4 is 27.9 Å². The van der Waals surface area contributed by atoms with Gasteiger partial charge < -0.3 is 9.88 Å². The van der Waals surface area contributed by atoms with E-state index in [1.54, 1.807) is 12.5 Å². The van der Waals surface area contributed by atoms with Crippen LogP contribution in [0.3, 0.4) is 0 Å². The van der Waals surface area contributed by atoms with Crippen molar-refractivity contribution in [3.05, 3.63) is 82.5 Å². The van der Waals surface area contributed by atoms with E-state index in [-0.39, 0.29) is 6.04 Å². The number of halogens is 1. The molecule has 0 fully saturated rings. The quantitative estimate of drug-likeness (QED) is 0.492. The highest BCUT2D eigenvalue weighted by molar-refractivity contribution is 7.12. The van der Waals surface area contributed by atoms with Gasteiger partial charge in [-0.3, -0.25) is 4.98 Å². The third kappa shape index (κ3) is 3.19. The van der Waals surface area contributed by atoms with Crippen LogP contribution in [0.25, 0.3) is 16.6 Å². The summed E-state index contributed by atoms with van der Waals surface area (Å²) >= 11 is 1.35. The molecule has 152 valence electrons. The Morgan fingerprint density at radius 1 is 1.23 bits per heavy atom. The van der Waals surface area contributed by atoms with Crippen molar-refractivity contribution in [1.82, 2.24) is 24.8 Å². The first-order chi connectivity index (χ1) is 14.4. The van der Waals surface area contributed by atoms with Crippen molar-refractivity contribution in [2.75, 3.05) is 6.54 Å². The normalized spacial score (nSPS) is 16.6. The summed E-state index contributed by atoms with van der Waals surface area (Å²) in [5.74, 6) is 0. The Bertz CT molecular complexity index is 1240. The number of pyridine rings is 1. The van der Waals surface area contributed by atoms with E-state index in [2.05, 4.69) is 44.6 Å². The van der Waals surface area contributed by atoms with Crippen molar-refractivity contribution in [2.45, 2.75) is 32.0 Å². The maximum Gasteiger partial charge on any atom is 0.156 e. The Balaban J connectivity index is 1.58. The summed E-state index contributed by atoms with van der Waals surface area (Å²) in [7, 11) is 0. The van der Waals surface area contributed by atoms with E-state index in [4.69, 9.17) is 4.98 Å². The molecule has 4 aromatic rings. The minimum absolute atomic E-state index is 0.166. The van der Waals surface area contributed by atoms with Crippen LogP contribution in [0.4, 0.5) is 4.39 Å². The lowest BCUT2D eigenvalue weighted by Crippen LogP contribution is -2.35. The monoisotopic (exact) mass is 419 g/mol. The van der Waals surface area contributed by atoms with Gasteiger partial charge in [0.1, 0.15) is 11.0 Å². The van der Waals surface area contributed by atoms with E-state index in [0.717, 1.165) is 51.5 Å². The Hall–Kier alpha value is -3.06. The summed E-state index contributed by atoms with van der Waals surface area (Å²) in [6.07, 6.45) is 4.29. The van der Waals surface area contributed by atoms with Gasteiger partial charge in [-0.25, -0.2) is 14.4 Å². The highest BCUT2D eigenvalue weighted by Crippen LogP contribution is 2.40. The highest BCUT2D eigenvalue weighted by Gasteiger charge is 2.34. The molecule has 1 aliphatic rings. The first-order valence-corrected chi connectivity index (χ1v) is 10.7. The lowest BCUT2D eigenvalue weighted by Gasteiger charge is -2.37. The fourth-order valence-corrected chi connectivity index (χ4v) is 4.82. The first kappa shape index (κ1) is 18.9. The summed E-state index contributed by atoms with van der Waals surface area (Å²) in [5.41, 5.74) is 3.28. The molecule has 0 aliphatic carbocycles. The summed E-state index contributed by atoms with van der Waals surface area (Å²) in [4.78, 5) is 20.2. The Kier molecular flexibility index (Phi) is 4.43. The predicted octanol–water partition coefficient (Wildman–Crippen LogP) is 5.24. The van der Waals surface area contributed by atoms with Crippen LogP contribution < -0.4 is 0 Å². The van der Waals surface area contributed by atoms with Gasteiger partial charge in [-0.1, -0.05) is 30.8 Å². The van der Waals surface area contributed by atoms with Crippen molar-refractivity contribution < 1.29 is 4.39 Å². The van der Waals surface area contributed by atoms with Crippen LogP contribution in [-0.4, -0.2) is 31.4 Å². The van der Waals surface area contributed by atoms with Gasteiger partial charge in [-0.2, -0.15) is 0 Å². The maximum absolute atomic E-state index is 14.4. The minimum Gasteiger partial charge on any atom is -0.356 e. The second kappa shape index (κ2) is 7.02. The van der Waals surface area contributed by atoms with E-state index in [9.17, 15) is 4.39 Å². The van der Waals surface area contributed by atoms with Crippen LogP contribution in [0.15, 0.2) is 55.5 Å². The molecule has 1 N–H and O–H groups in total. The summed E-state index contributed by atoms with van der Waals surface area (Å²) < 4.78 is 14.4. The first-order valence-electron chi connectivity index (χ1n) is 9.91. The number of H-pyrrole nitrogens is 1. The SMILES string of the molecule is C=C(c1cnc(C(C)(C)F)s1)N1CCc2[nH]cnc2[C@@H]1c1ccc2ccccc2n1. The van der Waals surface area contributed by atoms with Crippen molar-refractivity contribution in [2.24, 2.45) is 0 Å². The predicted molar refractivity (Wildman–Crippen MR) is 118 cm³/mol. The molecule has 0 amide bonds. The molecule has 1 atom stereocenters. The van der Waals surface area contributed by atoms with E-state index >= 15 is 0 Å². The second-order valence-corrected chi connectivity index (χ2v) is 9.02. The zero-order valence-electron chi connectivity index (χ0n) is 16.9. The Morgan fingerprint density at radius 3 is 2.87 bits per heavy atom. The fourth-order valence-electron chi connectivity index (χ4n) is 3.92. The summed E-state index contributed by atoms with van der Waals surface area (Å²) in [6, 6.07) is 12.1. The lowest BCUT2D eigenvalue weighted by atomic mass is 9.98. The molecule has 30 heavy (non-hydrogen) atoms. The number of aromatic nitrogens is 4. The number of imidazole rings is 1. The van der Waals surface area contributed by atoms with Crippen LogP contribution in [0, 0.1) is 0 Å². The number of rotatable bonds is 4. The lowest BCUT2D eigenvalue weighted by molar-refractivity contribution is 0.220. The van der Waals surface area contributed by atoms with Gasteiger partial charge in [-0.15, -0.1) is 11.3 Å². The van der Waals surface area contributed by atoms with E-state index in [1.165, 1.54) is 25.2 Å². The number of benzene rings is 1. The van der Waals surface area contributed by atoms with E-state index in [1.807, 2.05) is 18.2 Å². The molecular formula is C23H22FN5S. The van der Waals surface area contributed by atoms with Crippen LogP contribution in [0.1, 0.15) is 46.9 Å². The number of nitrogens with one attached hydrogen (secondary N) is 1. The van der Waals surface area contributed by atoms with Gasteiger partial charge >= 0.3 is 0 Å². The van der Waals surface area contributed by atoms with E-state index < -0.39 is 5.67 Å². The zero-order chi connectivity index (χ0) is 20.9. The third-order valence-electron chi connectivity index (χ3n) is 5.47. The summed E-state index contributed by atoms with van der Waals surface area (Å²) in [5, 5.41) is 1.55. The molecule has 0 bridgehead atoms. The number of aromatic amines is 1.